The van der Waals surface area contributed by atoms with Gasteiger partial charge in [-0.05, 0) is 41.3 Å². The molecule has 1 fully saturated rings. The number of nitrogens with zero attached hydrogens (tertiary/aromatic N) is 4. The number of tetrazole rings is 1. The number of rotatable bonds is 5. The van der Waals surface area contributed by atoms with Gasteiger partial charge in [0.25, 0.3) is 0 Å². The Labute approximate surface area is 117 Å². The van der Waals surface area contributed by atoms with Gasteiger partial charge in [0.15, 0.2) is 5.82 Å². The van der Waals surface area contributed by atoms with Gasteiger partial charge in [0, 0.05) is 6.54 Å². The van der Waals surface area contributed by atoms with E-state index < -0.39 is 0 Å². The molecule has 1 aromatic heterocycles. The number of aliphatic hydroxyl groups excluding tert-OH is 1. The number of para-hydroxylation sites is 1. The molecule has 1 saturated carbocycles. The van der Waals surface area contributed by atoms with Crippen molar-refractivity contribution in [2.45, 2.75) is 31.9 Å². The van der Waals surface area contributed by atoms with Crippen molar-refractivity contribution in [3.05, 3.63) is 36.2 Å². The molecule has 20 heavy (non-hydrogen) atoms. The first-order chi connectivity index (χ1) is 9.84. The minimum Gasteiger partial charge on any atom is -0.393 e. The van der Waals surface area contributed by atoms with E-state index >= 15 is 0 Å². The summed E-state index contributed by atoms with van der Waals surface area (Å²) in [4.78, 5) is 0. The molecule has 2 aromatic rings. The molecule has 6 nitrogen and oxygen atoms in total. The van der Waals surface area contributed by atoms with Crippen LogP contribution in [0.3, 0.4) is 0 Å². The minimum atomic E-state index is -0.160. The predicted molar refractivity (Wildman–Crippen MR) is 74.2 cm³/mol. The summed E-state index contributed by atoms with van der Waals surface area (Å²) >= 11 is 0. The monoisotopic (exact) mass is 273 g/mol. The summed E-state index contributed by atoms with van der Waals surface area (Å²) in [6.07, 6.45) is 2.98. The van der Waals surface area contributed by atoms with Crippen molar-refractivity contribution in [2.75, 3.05) is 6.54 Å². The van der Waals surface area contributed by atoms with Crippen LogP contribution in [0, 0.1) is 5.92 Å². The van der Waals surface area contributed by atoms with E-state index in [1.165, 1.54) is 0 Å². The second-order valence-electron chi connectivity index (χ2n) is 5.23. The molecule has 0 radical (unpaired) electrons. The summed E-state index contributed by atoms with van der Waals surface area (Å²) in [5, 5.41) is 24.9. The lowest BCUT2D eigenvalue weighted by atomic mass is 10.1. The van der Waals surface area contributed by atoms with Gasteiger partial charge in [0.1, 0.15) is 0 Å². The zero-order valence-corrected chi connectivity index (χ0v) is 11.3. The zero-order valence-electron chi connectivity index (χ0n) is 11.3. The molecule has 0 amide bonds. The van der Waals surface area contributed by atoms with Crippen molar-refractivity contribution in [3.8, 4) is 5.69 Å². The number of nitrogens with one attached hydrogen (secondary N) is 1. The van der Waals surface area contributed by atoms with Gasteiger partial charge in [-0.1, -0.05) is 24.6 Å². The summed E-state index contributed by atoms with van der Waals surface area (Å²) in [6, 6.07) is 9.83. The summed E-state index contributed by atoms with van der Waals surface area (Å²) < 4.78 is 1.73. The molecule has 1 heterocycles. The van der Waals surface area contributed by atoms with Gasteiger partial charge in [-0.2, -0.15) is 4.68 Å². The lowest BCUT2D eigenvalue weighted by Gasteiger charge is -2.14. The lowest BCUT2D eigenvalue weighted by Crippen LogP contribution is -2.28. The predicted octanol–water partition coefficient (Wildman–Crippen LogP) is 0.913. The van der Waals surface area contributed by atoms with Crippen LogP contribution in [-0.2, 0) is 6.54 Å². The van der Waals surface area contributed by atoms with Crippen LogP contribution in [0.2, 0.25) is 0 Å². The van der Waals surface area contributed by atoms with E-state index in [0.29, 0.717) is 12.5 Å². The van der Waals surface area contributed by atoms with Gasteiger partial charge < -0.3 is 10.4 Å². The molecule has 1 aliphatic rings. The summed E-state index contributed by atoms with van der Waals surface area (Å²) in [7, 11) is 0. The Morgan fingerprint density at radius 3 is 2.85 bits per heavy atom. The zero-order chi connectivity index (χ0) is 13.8. The molecule has 1 aliphatic carbocycles. The maximum absolute atomic E-state index is 9.79. The Kier molecular flexibility index (Phi) is 4.03. The van der Waals surface area contributed by atoms with Crippen LogP contribution in [0.5, 0.6) is 0 Å². The topological polar surface area (TPSA) is 75.9 Å². The normalized spacial score (nSPS) is 22.2. The fraction of sp³-hybridized carbons (Fsp3) is 0.500. The first-order valence-electron chi connectivity index (χ1n) is 7.06. The molecule has 0 saturated heterocycles. The smallest absolute Gasteiger partial charge is 0.170 e. The standard InChI is InChI=1S/C14H19N5O/c20-13-8-4-5-11(13)9-15-10-14-16-17-18-19(14)12-6-2-1-3-7-12/h1-3,6-7,11,13,15,20H,4-5,8-10H2. The highest BCUT2D eigenvalue weighted by atomic mass is 16.3. The van der Waals surface area contributed by atoms with Gasteiger partial charge >= 0.3 is 0 Å². The molecule has 0 aliphatic heterocycles. The van der Waals surface area contributed by atoms with E-state index in [9.17, 15) is 5.11 Å². The van der Waals surface area contributed by atoms with Crippen molar-refractivity contribution in [2.24, 2.45) is 5.92 Å². The summed E-state index contributed by atoms with van der Waals surface area (Å²) in [6.45, 7) is 1.41. The molecular formula is C14H19N5O. The van der Waals surface area contributed by atoms with Crippen LogP contribution in [0.4, 0.5) is 0 Å². The van der Waals surface area contributed by atoms with Crippen LogP contribution in [0.25, 0.3) is 5.69 Å². The molecule has 2 N–H and O–H groups in total. The molecule has 1 aromatic carbocycles. The quantitative estimate of drug-likeness (QED) is 0.847. The van der Waals surface area contributed by atoms with Gasteiger partial charge in [0.05, 0.1) is 18.3 Å². The van der Waals surface area contributed by atoms with Crippen molar-refractivity contribution >= 4 is 0 Å². The Hall–Kier alpha value is -1.79. The SMILES string of the molecule is OC1CCCC1CNCc1nnnn1-c1ccccc1. The lowest BCUT2D eigenvalue weighted by molar-refractivity contribution is 0.131. The average molecular weight is 273 g/mol. The van der Waals surface area contributed by atoms with E-state index in [-0.39, 0.29) is 6.10 Å². The van der Waals surface area contributed by atoms with Crippen molar-refractivity contribution in [3.63, 3.8) is 0 Å². The third-order valence-corrected chi connectivity index (χ3v) is 3.84. The van der Waals surface area contributed by atoms with Crippen LogP contribution >= 0.6 is 0 Å². The molecular weight excluding hydrogens is 254 g/mol. The Morgan fingerprint density at radius 2 is 2.10 bits per heavy atom. The van der Waals surface area contributed by atoms with Crippen LogP contribution < -0.4 is 5.32 Å². The number of benzene rings is 1. The van der Waals surface area contributed by atoms with Gasteiger partial charge in [0.2, 0.25) is 0 Å². The van der Waals surface area contributed by atoms with Crippen LogP contribution in [0.1, 0.15) is 25.1 Å². The molecule has 6 heteroatoms. The van der Waals surface area contributed by atoms with E-state index in [0.717, 1.165) is 37.3 Å². The fourth-order valence-corrected chi connectivity index (χ4v) is 2.71. The summed E-state index contributed by atoms with van der Waals surface area (Å²) in [5.41, 5.74) is 0.954. The maximum Gasteiger partial charge on any atom is 0.170 e. The summed E-state index contributed by atoms with van der Waals surface area (Å²) in [5.74, 6) is 1.14. The highest BCUT2D eigenvalue weighted by Gasteiger charge is 2.24. The Bertz CT molecular complexity index is 542. The maximum atomic E-state index is 9.79. The van der Waals surface area contributed by atoms with E-state index in [2.05, 4.69) is 20.8 Å². The van der Waals surface area contributed by atoms with Crippen molar-refractivity contribution in [1.29, 1.82) is 0 Å². The van der Waals surface area contributed by atoms with Crippen LogP contribution in [0.15, 0.2) is 30.3 Å². The second-order valence-corrected chi connectivity index (χ2v) is 5.23. The van der Waals surface area contributed by atoms with E-state index in [4.69, 9.17) is 0 Å². The first-order valence-corrected chi connectivity index (χ1v) is 7.06. The number of aliphatic hydroxyl groups is 1. The first kappa shape index (κ1) is 13.2. The van der Waals surface area contributed by atoms with Gasteiger partial charge in [-0.15, -0.1) is 5.10 Å². The average Bonchev–Trinajstić information content (AvgIpc) is 3.10. The number of hydrogen-bond acceptors (Lipinski definition) is 5. The number of aromatic nitrogens is 4. The number of hydrogen-bond donors (Lipinski definition) is 2. The Balaban J connectivity index is 1.60. The van der Waals surface area contributed by atoms with Crippen molar-refractivity contribution in [1.82, 2.24) is 25.5 Å². The van der Waals surface area contributed by atoms with Gasteiger partial charge in [-0.3, -0.25) is 0 Å². The molecule has 2 atom stereocenters. The third kappa shape index (κ3) is 2.86. The van der Waals surface area contributed by atoms with Crippen molar-refractivity contribution < 1.29 is 5.11 Å². The molecule has 0 spiro atoms. The second kappa shape index (κ2) is 6.11. The van der Waals surface area contributed by atoms with Gasteiger partial charge in [-0.25, -0.2) is 0 Å². The third-order valence-electron chi connectivity index (χ3n) is 3.84. The molecule has 2 unspecified atom stereocenters. The van der Waals surface area contributed by atoms with E-state index in [1.54, 1.807) is 4.68 Å². The Morgan fingerprint density at radius 1 is 1.25 bits per heavy atom. The fourth-order valence-electron chi connectivity index (χ4n) is 2.71. The highest BCUT2D eigenvalue weighted by molar-refractivity contribution is 5.30. The molecule has 0 bridgehead atoms. The largest absolute Gasteiger partial charge is 0.393 e. The molecule has 106 valence electrons. The highest BCUT2D eigenvalue weighted by Crippen LogP contribution is 2.24. The van der Waals surface area contributed by atoms with Crippen LogP contribution in [-0.4, -0.2) is 38.0 Å². The van der Waals surface area contributed by atoms with E-state index in [1.807, 2.05) is 30.3 Å². The molecule has 3 rings (SSSR count). The minimum absolute atomic E-state index is 0.160.